The highest BCUT2D eigenvalue weighted by molar-refractivity contribution is 6.31. The van der Waals surface area contributed by atoms with Crippen LogP contribution in [0.25, 0.3) is 0 Å². The molecule has 3 unspecified atom stereocenters. The third-order valence-electron chi connectivity index (χ3n) is 3.70. The summed E-state index contributed by atoms with van der Waals surface area (Å²) in [4.78, 5) is 2.11. The summed E-state index contributed by atoms with van der Waals surface area (Å²) in [7, 11) is 4.07. The van der Waals surface area contributed by atoms with E-state index in [4.69, 9.17) is 22.2 Å². The average Bonchev–Trinajstić information content (AvgIpc) is 2.97. The van der Waals surface area contributed by atoms with Crippen LogP contribution in [0.2, 0.25) is 5.02 Å². The minimum atomic E-state index is -0.128. The maximum absolute atomic E-state index is 6.30. The predicted molar refractivity (Wildman–Crippen MR) is 79.4 cm³/mol. The molecule has 1 aromatic heterocycles. The second-order valence-corrected chi connectivity index (χ2v) is 6.02. The Kier molecular flexibility index (Phi) is 5.40. The molecule has 20 heavy (non-hydrogen) atoms. The first-order chi connectivity index (χ1) is 9.52. The third-order valence-corrected chi connectivity index (χ3v) is 3.99. The van der Waals surface area contributed by atoms with Crippen LogP contribution in [0.1, 0.15) is 31.5 Å². The number of nitrogens with two attached hydrogens (primary N) is 1. The first-order valence-electron chi connectivity index (χ1n) is 7.00. The predicted octanol–water partition coefficient (Wildman–Crippen LogP) is 1.17. The molecule has 1 aliphatic rings. The van der Waals surface area contributed by atoms with Gasteiger partial charge in [-0.05, 0) is 33.9 Å². The molecule has 1 aliphatic heterocycles. The zero-order valence-electron chi connectivity index (χ0n) is 12.3. The quantitative estimate of drug-likeness (QED) is 0.610. The molecule has 114 valence electrons. The average molecular weight is 302 g/mol. The summed E-state index contributed by atoms with van der Waals surface area (Å²) in [6.45, 7) is 3.75. The lowest BCUT2D eigenvalue weighted by Gasteiger charge is -2.24. The maximum Gasteiger partial charge on any atom is 0.0905 e. The maximum atomic E-state index is 6.30. The fourth-order valence-corrected chi connectivity index (χ4v) is 2.85. The van der Waals surface area contributed by atoms with Crippen molar-refractivity contribution in [2.24, 2.45) is 5.84 Å². The fourth-order valence-electron chi connectivity index (χ4n) is 2.60. The van der Waals surface area contributed by atoms with Crippen LogP contribution in [-0.4, -0.2) is 47.5 Å². The molecule has 0 saturated carbocycles. The van der Waals surface area contributed by atoms with E-state index in [1.807, 2.05) is 18.8 Å². The van der Waals surface area contributed by atoms with Crippen LogP contribution >= 0.6 is 11.6 Å². The van der Waals surface area contributed by atoms with Gasteiger partial charge in [-0.3, -0.25) is 10.5 Å². The fraction of sp³-hybridized carbons (Fsp3) is 0.769. The number of nitrogens with one attached hydrogen (secondary N) is 1. The van der Waals surface area contributed by atoms with Crippen LogP contribution in [0.5, 0.6) is 0 Å². The molecule has 1 aromatic rings. The monoisotopic (exact) mass is 301 g/mol. The summed E-state index contributed by atoms with van der Waals surface area (Å²) in [6, 6.07) is -0.128. The van der Waals surface area contributed by atoms with Crippen LogP contribution in [0.15, 0.2) is 6.20 Å². The van der Waals surface area contributed by atoms with Crippen LogP contribution in [-0.2, 0) is 11.3 Å². The Morgan fingerprint density at radius 3 is 2.90 bits per heavy atom. The van der Waals surface area contributed by atoms with Gasteiger partial charge < -0.3 is 9.64 Å². The molecule has 1 saturated heterocycles. The van der Waals surface area contributed by atoms with E-state index in [1.165, 1.54) is 0 Å². The molecule has 0 spiro atoms. The molecule has 0 bridgehead atoms. The van der Waals surface area contributed by atoms with Crippen molar-refractivity contribution in [1.29, 1.82) is 0 Å². The standard InChI is InChI=1S/C13H24ClN5O/c1-9-4-5-11(20-9)12(17-15)13-10(14)8-16-19(13)7-6-18(2)3/h8-9,11-12,17H,4-7,15H2,1-3H3. The molecule has 3 N–H and O–H groups in total. The second-order valence-electron chi connectivity index (χ2n) is 5.61. The van der Waals surface area contributed by atoms with Crippen LogP contribution in [0.3, 0.4) is 0 Å². The number of likely N-dealkylation sites (N-methyl/N-ethyl adjacent to an activating group) is 1. The Hall–Kier alpha value is -0.660. The number of rotatable bonds is 6. The van der Waals surface area contributed by atoms with E-state index < -0.39 is 0 Å². The van der Waals surface area contributed by atoms with Crippen molar-refractivity contribution in [3.8, 4) is 0 Å². The van der Waals surface area contributed by atoms with Gasteiger partial charge in [0.05, 0.1) is 41.7 Å². The van der Waals surface area contributed by atoms with Gasteiger partial charge in [0.2, 0.25) is 0 Å². The van der Waals surface area contributed by atoms with Crippen molar-refractivity contribution >= 4 is 11.6 Å². The SMILES string of the molecule is CC1CCC(C(NN)c2c(Cl)cnn2CCN(C)C)O1. The lowest BCUT2D eigenvalue weighted by atomic mass is 10.0. The van der Waals surface area contributed by atoms with E-state index in [1.54, 1.807) is 6.20 Å². The lowest BCUT2D eigenvalue weighted by Crippen LogP contribution is -2.38. The summed E-state index contributed by atoms with van der Waals surface area (Å²) in [5, 5.41) is 4.99. The lowest BCUT2D eigenvalue weighted by molar-refractivity contribution is 0.0295. The molecule has 2 heterocycles. The largest absolute Gasteiger partial charge is 0.373 e. The molecule has 0 radical (unpaired) electrons. The Bertz CT molecular complexity index is 436. The van der Waals surface area contributed by atoms with Crippen molar-refractivity contribution < 1.29 is 4.74 Å². The van der Waals surface area contributed by atoms with Gasteiger partial charge in [0.1, 0.15) is 0 Å². The third kappa shape index (κ3) is 3.51. The molecule has 0 amide bonds. The molecule has 6 nitrogen and oxygen atoms in total. The van der Waals surface area contributed by atoms with E-state index in [2.05, 4.69) is 22.3 Å². The Labute approximate surface area is 125 Å². The number of ether oxygens (including phenoxy) is 1. The van der Waals surface area contributed by atoms with E-state index in [0.717, 1.165) is 31.6 Å². The zero-order valence-corrected chi connectivity index (χ0v) is 13.1. The molecule has 2 rings (SSSR count). The molecular formula is C13H24ClN5O. The van der Waals surface area contributed by atoms with Crippen molar-refractivity contribution in [3.05, 3.63) is 16.9 Å². The van der Waals surface area contributed by atoms with Gasteiger partial charge in [-0.1, -0.05) is 11.6 Å². The smallest absolute Gasteiger partial charge is 0.0905 e. The summed E-state index contributed by atoms with van der Waals surface area (Å²) < 4.78 is 7.84. The van der Waals surface area contributed by atoms with E-state index in [0.29, 0.717) is 5.02 Å². The minimum absolute atomic E-state index is 0.0438. The highest BCUT2D eigenvalue weighted by Crippen LogP contribution is 2.32. The van der Waals surface area contributed by atoms with Crippen molar-refractivity contribution in [3.63, 3.8) is 0 Å². The second kappa shape index (κ2) is 6.87. The zero-order chi connectivity index (χ0) is 14.7. The molecule has 3 atom stereocenters. The van der Waals surface area contributed by atoms with Gasteiger partial charge in [-0.15, -0.1) is 0 Å². The number of hydrazine groups is 1. The highest BCUT2D eigenvalue weighted by Gasteiger charge is 2.33. The molecule has 7 heteroatoms. The number of halogens is 1. The molecule has 0 aromatic carbocycles. The Balaban J connectivity index is 2.18. The highest BCUT2D eigenvalue weighted by atomic mass is 35.5. The van der Waals surface area contributed by atoms with Gasteiger partial charge in [-0.2, -0.15) is 5.10 Å². The molecule has 1 fully saturated rings. The summed E-state index contributed by atoms with van der Waals surface area (Å²) in [6.07, 6.45) is 4.02. The normalized spacial score (nSPS) is 24.5. The number of hydrogen-bond acceptors (Lipinski definition) is 5. The Morgan fingerprint density at radius 1 is 1.60 bits per heavy atom. The van der Waals surface area contributed by atoms with E-state index in [9.17, 15) is 0 Å². The molecular weight excluding hydrogens is 278 g/mol. The van der Waals surface area contributed by atoms with E-state index in [-0.39, 0.29) is 18.2 Å². The first-order valence-corrected chi connectivity index (χ1v) is 7.38. The van der Waals surface area contributed by atoms with Gasteiger partial charge in [0.25, 0.3) is 0 Å². The summed E-state index contributed by atoms with van der Waals surface area (Å²) in [5.74, 6) is 5.74. The van der Waals surface area contributed by atoms with Gasteiger partial charge in [-0.25, -0.2) is 5.43 Å². The van der Waals surface area contributed by atoms with Gasteiger partial charge >= 0.3 is 0 Å². The van der Waals surface area contributed by atoms with Crippen molar-refractivity contribution in [2.45, 2.75) is 44.6 Å². The minimum Gasteiger partial charge on any atom is -0.373 e. The summed E-state index contributed by atoms with van der Waals surface area (Å²) in [5.41, 5.74) is 3.76. The van der Waals surface area contributed by atoms with Crippen LogP contribution < -0.4 is 11.3 Å². The summed E-state index contributed by atoms with van der Waals surface area (Å²) >= 11 is 6.30. The number of aromatic nitrogens is 2. The van der Waals surface area contributed by atoms with Crippen molar-refractivity contribution in [1.82, 2.24) is 20.1 Å². The first kappa shape index (κ1) is 15.7. The number of nitrogens with zero attached hydrogens (tertiary/aromatic N) is 3. The van der Waals surface area contributed by atoms with Gasteiger partial charge in [0, 0.05) is 6.54 Å². The topological polar surface area (TPSA) is 68.3 Å². The van der Waals surface area contributed by atoms with Gasteiger partial charge in [0.15, 0.2) is 0 Å². The Morgan fingerprint density at radius 2 is 2.35 bits per heavy atom. The van der Waals surface area contributed by atoms with E-state index >= 15 is 0 Å². The van der Waals surface area contributed by atoms with Crippen LogP contribution in [0.4, 0.5) is 0 Å². The van der Waals surface area contributed by atoms with Crippen molar-refractivity contribution in [2.75, 3.05) is 20.6 Å². The van der Waals surface area contributed by atoms with Crippen LogP contribution in [0, 0.1) is 0 Å². The molecule has 0 aliphatic carbocycles. The number of hydrogen-bond donors (Lipinski definition) is 2.